The maximum absolute atomic E-state index is 12.3. The maximum Gasteiger partial charge on any atom is 0.338 e. The van der Waals surface area contributed by atoms with Gasteiger partial charge in [-0.15, -0.1) is 0 Å². The Kier molecular flexibility index (Phi) is 4.85. The highest BCUT2D eigenvalue weighted by atomic mass is 16.4. The number of aromatic carboxylic acids is 1. The second-order valence-electron chi connectivity index (χ2n) is 5.63. The number of furan rings is 1. The summed E-state index contributed by atoms with van der Waals surface area (Å²) < 4.78 is 5.04. The first-order valence-corrected chi connectivity index (χ1v) is 7.30. The zero-order valence-electron chi connectivity index (χ0n) is 12.7. The minimum Gasteiger partial charge on any atom is -0.478 e. The van der Waals surface area contributed by atoms with Crippen LogP contribution in [-0.2, 0) is 4.79 Å². The Morgan fingerprint density at radius 2 is 1.77 bits per heavy atom. The average molecular weight is 308 g/mol. The summed E-state index contributed by atoms with van der Waals surface area (Å²) in [6.45, 7) is 5.75. The van der Waals surface area contributed by atoms with E-state index in [0.29, 0.717) is 32.6 Å². The molecule has 1 N–H and O–H groups in total. The lowest BCUT2D eigenvalue weighted by Crippen LogP contribution is -2.38. The normalized spacial score (nSPS) is 15.8. The van der Waals surface area contributed by atoms with E-state index >= 15 is 0 Å². The first kappa shape index (κ1) is 16.1. The number of carboxylic acid groups (broad SMARTS) is 1. The first-order chi connectivity index (χ1) is 10.4. The van der Waals surface area contributed by atoms with Crippen molar-refractivity contribution in [1.82, 2.24) is 9.80 Å². The number of carbonyl (C=O) groups is 3. The average Bonchev–Trinajstić information content (AvgIpc) is 2.84. The Balaban J connectivity index is 2.02. The molecule has 1 saturated heterocycles. The van der Waals surface area contributed by atoms with Crippen LogP contribution in [0, 0.1) is 5.92 Å². The lowest BCUT2D eigenvalue weighted by atomic mass is 10.2. The molecule has 2 rings (SSSR count). The van der Waals surface area contributed by atoms with E-state index in [0.717, 1.165) is 6.26 Å². The van der Waals surface area contributed by atoms with E-state index in [1.54, 1.807) is 9.80 Å². The number of carbonyl (C=O) groups excluding carboxylic acids is 2. The molecule has 0 aliphatic carbocycles. The van der Waals surface area contributed by atoms with Gasteiger partial charge < -0.3 is 19.3 Å². The number of amides is 2. The monoisotopic (exact) mass is 308 g/mol. The lowest BCUT2D eigenvalue weighted by Gasteiger charge is -2.23. The molecule has 7 nitrogen and oxygen atoms in total. The summed E-state index contributed by atoms with van der Waals surface area (Å²) in [5.74, 6) is -1.44. The highest BCUT2D eigenvalue weighted by Gasteiger charge is 2.26. The van der Waals surface area contributed by atoms with Gasteiger partial charge in [0.25, 0.3) is 5.91 Å². The van der Waals surface area contributed by atoms with Crippen molar-refractivity contribution < 1.29 is 23.9 Å². The predicted molar refractivity (Wildman–Crippen MR) is 77.6 cm³/mol. The first-order valence-electron chi connectivity index (χ1n) is 7.30. The van der Waals surface area contributed by atoms with Gasteiger partial charge in [0.2, 0.25) is 5.91 Å². The smallest absolute Gasteiger partial charge is 0.338 e. The van der Waals surface area contributed by atoms with Gasteiger partial charge in [-0.05, 0) is 6.42 Å². The van der Waals surface area contributed by atoms with Crippen LogP contribution in [-0.4, -0.2) is 58.9 Å². The molecule has 0 unspecified atom stereocenters. The standard InChI is InChI=1S/C15H20N2O5/c1-10(2)13(18)16-4-3-5-17(7-6-16)14(19)12-8-11(9-22-12)15(20)21/h8-10H,3-7H2,1-2H3,(H,20,21). The molecule has 0 aromatic carbocycles. The topological polar surface area (TPSA) is 91.1 Å². The Morgan fingerprint density at radius 1 is 1.14 bits per heavy atom. The zero-order chi connectivity index (χ0) is 16.3. The second-order valence-corrected chi connectivity index (χ2v) is 5.63. The van der Waals surface area contributed by atoms with E-state index in [2.05, 4.69) is 0 Å². The van der Waals surface area contributed by atoms with Crippen LogP contribution in [0.15, 0.2) is 16.7 Å². The Hall–Kier alpha value is -2.31. The number of hydrogen-bond acceptors (Lipinski definition) is 4. The largest absolute Gasteiger partial charge is 0.478 e. The molecule has 1 aromatic rings. The minimum atomic E-state index is -1.13. The van der Waals surface area contributed by atoms with Crippen LogP contribution >= 0.6 is 0 Å². The Morgan fingerprint density at radius 3 is 2.36 bits per heavy atom. The van der Waals surface area contributed by atoms with Crippen LogP contribution in [0.25, 0.3) is 0 Å². The summed E-state index contributed by atoms with van der Waals surface area (Å²) in [5, 5.41) is 8.85. The number of carboxylic acids is 1. The summed E-state index contributed by atoms with van der Waals surface area (Å²) in [6, 6.07) is 1.23. The highest BCUT2D eigenvalue weighted by molar-refractivity contribution is 5.95. The van der Waals surface area contributed by atoms with Crippen molar-refractivity contribution in [1.29, 1.82) is 0 Å². The van der Waals surface area contributed by atoms with Crippen LogP contribution in [0.5, 0.6) is 0 Å². The molecule has 22 heavy (non-hydrogen) atoms. The van der Waals surface area contributed by atoms with E-state index in [1.807, 2.05) is 13.8 Å². The molecular weight excluding hydrogens is 288 g/mol. The number of rotatable bonds is 3. The van der Waals surface area contributed by atoms with Gasteiger partial charge in [-0.25, -0.2) is 4.79 Å². The van der Waals surface area contributed by atoms with Crippen LogP contribution in [0.4, 0.5) is 0 Å². The fourth-order valence-corrected chi connectivity index (χ4v) is 2.42. The van der Waals surface area contributed by atoms with Crippen LogP contribution < -0.4 is 0 Å². The molecule has 2 amide bonds. The van der Waals surface area contributed by atoms with Crippen molar-refractivity contribution in [3.05, 3.63) is 23.7 Å². The highest BCUT2D eigenvalue weighted by Crippen LogP contribution is 2.14. The Labute approximate surface area is 128 Å². The van der Waals surface area contributed by atoms with E-state index in [-0.39, 0.29) is 29.1 Å². The van der Waals surface area contributed by atoms with Crippen molar-refractivity contribution in [2.45, 2.75) is 20.3 Å². The molecule has 1 fully saturated rings. The van der Waals surface area contributed by atoms with E-state index < -0.39 is 5.97 Å². The molecule has 0 saturated carbocycles. The van der Waals surface area contributed by atoms with Crippen molar-refractivity contribution in [3.8, 4) is 0 Å². The third-order valence-electron chi connectivity index (χ3n) is 3.65. The van der Waals surface area contributed by atoms with Gasteiger partial charge in [0.1, 0.15) is 6.26 Å². The molecule has 0 bridgehead atoms. The molecule has 2 heterocycles. The molecule has 7 heteroatoms. The van der Waals surface area contributed by atoms with Crippen molar-refractivity contribution in [2.24, 2.45) is 5.92 Å². The Bertz CT molecular complexity index is 578. The zero-order valence-corrected chi connectivity index (χ0v) is 12.7. The molecule has 1 aliphatic rings. The number of hydrogen-bond donors (Lipinski definition) is 1. The summed E-state index contributed by atoms with van der Waals surface area (Å²) >= 11 is 0. The molecule has 0 spiro atoms. The summed E-state index contributed by atoms with van der Waals surface area (Å²) in [4.78, 5) is 38.5. The predicted octanol–water partition coefficient (Wildman–Crippen LogP) is 1.31. The molecule has 1 aliphatic heterocycles. The van der Waals surface area contributed by atoms with Crippen LogP contribution in [0.3, 0.4) is 0 Å². The number of nitrogens with zero attached hydrogens (tertiary/aromatic N) is 2. The van der Waals surface area contributed by atoms with Gasteiger partial charge in [-0.1, -0.05) is 13.8 Å². The second kappa shape index (κ2) is 6.64. The maximum atomic E-state index is 12.3. The van der Waals surface area contributed by atoms with Gasteiger partial charge in [0.15, 0.2) is 5.76 Å². The van der Waals surface area contributed by atoms with Gasteiger partial charge in [-0.3, -0.25) is 9.59 Å². The van der Waals surface area contributed by atoms with Crippen molar-refractivity contribution >= 4 is 17.8 Å². The van der Waals surface area contributed by atoms with Gasteiger partial charge >= 0.3 is 5.97 Å². The van der Waals surface area contributed by atoms with Gasteiger partial charge in [0.05, 0.1) is 5.56 Å². The van der Waals surface area contributed by atoms with Crippen molar-refractivity contribution in [2.75, 3.05) is 26.2 Å². The molecule has 0 radical (unpaired) electrons. The fraction of sp³-hybridized carbons (Fsp3) is 0.533. The van der Waals surface area contributed by atoms with E-state index in [9.17, 15) is 14.4 Å². The minimum absolute atomic E-state index is 0.0148. The summed E-state index contributed by atoms with van der Waals surface area (Å²) in [6.07, 6.45) is 1.75. The van der Waals surface area contributed by atoms with E-state index in [1.165, 1.54) is 6.07 Å². The lowest BCUT2D eigenvalue weighted by molar-refractivity contribution is -0.134. The summed E-state index contributed by atoms with van der Waals surface area (Å²) in [5.41, 5.74) is -0.0465. The van der Waals surface area contributed by atoms with Crippen LogP contribution in [0.1, 0.15) is 41.2 Å². The van der Waals surface area contributed by atoms with Gasteiger partial charge in [0, 0.05) is 38.2 Å². The van der Waals surface area contributed by atoms with Crippen LogP contribution in [0.2, 0.25) is 0 Å². The van der Waals surface area contributed by atoms with Crippen molar-refractivity contribution in [3.63, 3.8) is 0 Å². The molecule has 0 atom stereocenters. The summed E-state index contributed by atoms with van der Waals surface area (Å²) in [7, 11) is 0. The molecular formula is C15H20N2O5. The SMILES string of the molecule is CC(C)C(=O)N1CCCN(C(=O)c2cc(C(=O)O)co2)CC1. The third kappa shape index (κ3) is 3.47. The molecule has 1 aromatic heterocycles. The fourth-order valence-electron chi connectivity index (χ4n) is 2.42. The molecule has 120 valence electrons. The quantitative estimate of drug-likeness (QED) is 0.909. The third-order valence-corrected chi connectivity index (χ3v) is 3.65. The van der Waals surface area contributed by atoms with Gasteiger partial charge in [-0.2, -0.15) is 0 Å². The van der Waals surface area contributed by atoms with E-state index in [4.69, 9.17) is 9.52 Å².